The van der Waals surface area contributed by atoms with Crippen LogP contribution in [0.5, 0.6) is 0 Å². The van der Waals surface area contributed by atoms with Crippen LogP contribution in [0.15, 0.2) is 30.3 Å². The minimum atomic E-state index is -3.05. The molecular weight excluding hydrogens is 352 g/mol. The van der Waals surface area contributed by atoms with Crippen molar-refractivity contribution in [2.45, 2.75) is 26.3 Å². The lowest BCUT2D eigenvalue weighted by Gasteiger charge is -2.22. The highest BCUT2D eigenvalue weighted by Crippen LogP contribution is 2.21. The van der Waals surface area contributed by atoms with Gasteiger partial charge in [0.2, 0.25) is 0 Å². The van der Waals surface area contributed by atoms with E-state index in [2.05, 4.69) is 15.5 Å². The van der Waals surface area contributed by atoms with Crippen molar-refractivity contribution in [1.82, 2.24) is 15.1 Å². The number of aromatic nitrogens is 2. The summed E-state index contributed by atoms with van der Waals surface area (Å²) in [7, 11) is -1.44. The number of rotatable bonds is 4. The molecule has 8 heteroatoms. The number of aryl methyl sites for hydroxylation is 2. The molecule has 7 nitrogen and oxygen atoms in total. The number of nitrogens with zero attached hydrogens (tertiary/aromatic N) is 3. The molecule has 1 aromatic heterocycles. The van der Waals surface area contributed by atoms with Crippen molar-refractivity contribution in [2.24, 2.45) is 0 Å². The molecule has 0 bridgehead atoms. The van der Waals surface area contributed by atoms with Gasteiger partial charge in [-0.15, -0.1) is 10.2 Å². The Kier molecular flexibility index (Phi) is 4.95. The van der Waals surface area contributed by atoms with Gasteiger partial charge in [0.15, 0.2) is 21.3 Å². The Bertz CT molecular complexity index is 926. The van der Waals surface area contributed by atoms with Gasteiger partial charge in [-0.1, -0.05) is 12.1 Å². The molecule has 1 aromatic carbocycles. The van der Waals surface area contributed by atoms with Gasteiger partial charge in [0.05, 0.1) is 11.5 Å². The molecule has 1 unspecified atom stereocenters. The zero-order valence-corrected chi connectivity index (χ0v) is 15.9. The second kappa shape index (κ2) is 7.03. The van der Waals surface area contributed by atoms with Crippen LogP contribution in [0.4, 0.5) is 11.5 Å². The van der Waals surface area contributed by atoms with Crippen molar-refractivity contribution in [2.75, 3.05) is 23.9 Å². The number of nitrogens with one attached hydrogen (secondary N) is 1. The quantitative estimate of drug-likeness (QED) is 0.881. The van der Waals surface area contributed by atoms with Gasteiger partial charge in [0, 0.05) is 18.8 Å². The van der Waals surface area contributed by atoms with E-state index in [-0.39, 0.29) is 29.1 Å². The standard InChI is InChI=1S/C18H22N4O3S/c1-12-4-5-13(2)16(10-12)19-17-7-6-15(20-21-17)18(23)22(3)14-8-9-26(24,25)11-14/h4-7,10,14H,8-9,11H2,1-3H3,(H,19,21). The maximum absolute atomic E-state index is 12.5. The van der Waals surface area contributed by atoms with Crippen LogP contribution in [-0.4, -0.2) is 54.0 Å². The summed E-state index contributed by atoms with van der Waals surface area (Å²) in [5.74, 6) is 0.355. The summed E-state index contributed by atoms with van der Waals surface area (Å²) in [5.41, 5.74) is 3.35. The fourth-order valence-electron chi connectivity index (χ4n) is 2.95. The highest BCUT2D eigenvalue weighted by Gasteiger charge is 2.33. The molecule has 3 rings (SSSR count). The van der Waals surface area contributed by atoms with Crippen LogP contribution in [0.3, 0.4) is 0 Å². The monoisotopic (exact) mass is 374 g/mol. The molecule has 0 aliphatic carbocycles. The molecule has 1 amide bonds. The molecule has 0 radical (unpaired) electrons. The van der Waals surface area contributed by atoms with Crippen molar-refractivity contribution < 1.29 is 13.2 Å². The Balaban J connectivity index is 1.71. The second-order valence-corrected chi connectivity index (χ2v) is 8.95. The first-order chi connectivity index (χ1) is 12.2. The maximum Gasteiger partial charge on any atom is 0.274 e. The molecule has 1 aliphatic heterocycles. The van der Waals surface area contributed by atoms with E-state index >= 15 is 0 Å². The van der Waals surface area contributed by atoms with Crippen molar-refractivity contribution >= 4 is 27.2 Å². The minimum absolute atomic E-state index is 0.00887. The molecule has 1 atom stereocenters. The molecule has 2 heterocycles. The molecule has 1 N–H and O–H groups in total. The largest absolute Gasteiger partial charge is 0.339 e. The van der Waals surface area contributed by atoms with E-state index in [1.54, 1.807) is 19.2 Å². The summed E-state index contributed by atoms with van der Waals surface area (Å²) in [4.78, 5) is 14.0. The predicted molar refractivity (Wildman–Crippen MR) is 100 cm³/mol. The summed E-state index contributed by atoms with van der Waals surface area (Å²) in [6.45, 7) is 4.01. The summed E-state index contributed by atoms with van der Waals surface area (Å²) < 4.78 is 23.2. The molecule has 138 valence electrons. The van der Waals surface area contributed by atoms with E-state index in [1.165, 1.54) is 4.90 Å². The Morgan fingerprint density at radius 3 is 2.58 bits per heavy atom. The van der Waals surface area contributed by atoms with Gasteiger partial charge in [-0.3, -0.25) is 4.79 Å². The highest BCUT2D eigenvalue weighted by molar-refractivity contribution is 7.91. The van der Waals surface area contributed by atoms with Crippen molar-refractivity contribution in [1.29, 1.82) is 0 Å². The Morgan fingerprint density at radius 1 is 1.19 bits per heavy atom. The lowest BCUT2D eigenvalue weighted by molar-refractivity contribution is 0.0740. The van der Waals surface area contributed by atoms with E-state index in [0.29, 0.717) is 12.2 Å². The van der Waals surface area contributed by atoms with E-state index in [9.17, 15) is 13.2 Å². The van der Waals surface area contributed by atoms with Gasteiger partial charge in [-0.2, -0.15) is 0 Å². The SMILES string of the molecule is Cc1ccc(C)c(Nc2ccc(C(=O)N(C)C3CCS(=O)(=O)C3)nn2)c1. The first-order valence-electron chi connectivity index (χ1n) is 8.41. The molecule has 1 aliphatic rings. The number of amides is 1. The first-order valence-corrected chi connectivity index (χ1v) is 10.2. The number of hydrogen-bond donors (Lipinski definition) is 1. The molecular formula is C18H22N4O3S. The number of anilines is 2. The Labute approximate surface area is 153 Å². The first kappa shape index (κ1) is 18.3. The molecule has 1 saturated heterocycles. The van der Waals surface area contributed by atoms with Crippen LogP contribution in [0, 0.1) is 13.8 Å². The van der Waals surface area contributed by atoms with Gasteiger partial charge in [0.1, 0.15) is 0 Å². The van der Waals surface area contributed by atoms with Crippen LogP contribution in [-0.2, 0) is 9.84 Å². The Hall–Kier alpha value is -2.48. The molecule has 2 aromatic rings. The average Bonchev–Trinajstić information content (AvgIpc) is 2.97. The molecule has 0 saturated carbocycles. The lowest BCUT2D eigenvalue weighted by atomic mass is 10.1. The van der Waals surface area contributed by atoms with Gasteiger partial charge in [-0.25, -0.2) is 8.42 Å². The van der Waals surface area contributed by atoms with Crippen LogP contribution in [0.1, 0.15) is 28.0 Å². The normalized spacial score (nSPS) is 18.5. The molecule has 26 heavy (non-hydrogen) atoms. The van der Waals surface area contributed by atoms with Crippen molar-refractivity contribution in [3.63, 3.8) is 0 Å². The third-order valence-corrected chi connectivity index (χ3v) is 6.37. The van der Waals surface area contributed by atoms with E-state index in [4.69, 9.17) is 0 Å². The summed E-state index contributed by atoms with van der Waals surface area (Å²) >= 11 is 0. The lowest BCUT2D eigenvalue weighted by Crippen LogP contribution is -2.38. The van der Waals surface area contributed by atoms with Gasteiger partial charge < -0.3 is 10.2 Å². The number of hydrogen-bond acceptors (Lipinski definition) is 6. The number of benzene rings is 1. The van der Waals surface area contributed by atoms with E-state index in [1.807, 2.05) is 32.0 Å². The third-order valence-electron chi connectivity index (χ3n) is 4.62. The summed E-state index contributed by atoms with van der Waals surface area (Å²) in [6, 6.07) is 9.07. The summed E-state index contributed by atoms with van der Waals surface area (Å²) in [5, 5.41) is 11.3. The number of sulfone groups is 1. The number of carbonyl (C=O) groups is 1. The van der Waals surface area contributed by atoms with E-state index < -0.39 is 9.84 Å². The fraction of sp³-hybridized carbons (Fsp3) is 0.389. The average molecular weight is 374 g/mol. The van der Waals surface area contributed by atoms with Crippen LogP contribution in [0.2, 0.25) is 0 Å². The zero-order chi connectivity index (χ0) is 18.9. The van der Waals surface area contributed by atoms with Crippen LogP contribution >= 0.6 is 0 Å². The van der Waals surface area contributed by atoms with Gasteiger partial charge in [0.25, 0.3) is 5.91 Å². The third kappa shape index (κ3) is 4.01. The smallest absolute Gasteiger partial charge is 0.274 e. The van der Waals surface area contributed by atoms with E-state index in [0.717, 1.165) is 16.8 Å². The zero-order valence-electron chi connectivity index (χ0n) is 15.1. The summed E-state index contributed by atoms with van der Waals surface area (Å²) in [6.07, 6.45) is 0.463. The molecule has 1 fully saturated rings. The second-order valence-electron chi connectivity index (χ2n) is 6.72. The highest BCUT2D eigenvalue weighted by atomic mass is 32.2. The Morgan fingerprint density at radius 2 is 1.96 bits per heavy atom. The van der Waals surface area contributed by atoms with Gasteiger partial charge >= 0.3 is 0 Å². The minimum Gasteiger partial charge on any atom is -0.339 e. The van der Waals surface area contributed by atoms with Crippen LogP contribution in [0.25, 0.3) is 0 Å². The molecule has 0 spiro atoms. The predicted octanol–water partition coefficient (Wildman–Crippen LogP) is 2.10. The van der Waals surface area contributed by atoms with Gasteiger partial charge in [-0.05, 0) is 49.6 Å². The topological polar surface area (TPSA) is 92.3 Å². The van der Waals surface area contributed by atoms with Crippen molar-refractivity contribution in [3.05, 3.63) is 47.2 Å². The fourth-order valence-corrected chi connectivity index (χ4v) is 4.72. The van der Waals surface area contributed by atoms with Crippen molar-refractivity contribution in [3.8, 4) is 0 Å². The number of carbonyl (C=O) groups excluding carboxylic acids is 1. The maximum atomic E-state index is 12.5. The van der Waals surface area contributed by atoms with Crippen LogP contribution < -0.4 is 5.32 Å².